The van der Waals surface area contributed by atoms with E-state index in [0.717, 1.165) is 6.54 Å². The molecule has 14 heavy (non-hydrogen) atoms. The number of methoxy groups -OCH3 is 2. The first kappa shape index (κ1) is 14.2. The van der Waals surface area contributed by atoms with Gasteiger partial charge in [0.1, 0.15) is 0 Å². The molecule has 0 fully saturated rings. The van der Waals surface area contributed by atoms with E-state index in [2.05, 4.69) is 25.4 Å². The molecule has 0 amide bonds. The summed E-state index contributed by atoms with van der Waals surface area (Å²) in [6.07, 6.45) is 1.98. The van der Waals surface area contributed by atoms with Gasteiger partial charge in [0.25, 0.3) is 0 Å². The Kier molecular flexibility index (Phi) is 8.67. The number of thioether (sulfide) groups is 1. The van der Waals surface area contributed by atoms with Crippen LogP contribution in [0, 0.1) is 5.92 Å². The summed E-state index contributed by atoms with van der Waals surface area (Å²) in [5.41, 5.74) is 0. The molecule has 4 heteroatoms. The standard InChI is InChI=1S/C10H23NO2S/c1-8(7-14-5)6-11-9(2)10(12-3)13-4/h8-11H,6-7H2,1-5H3. The van der Waals surface area contributed by atoms with Crippen molar-refractivity contribution >= 4 is 11.8 Å². The quantitative estimate of drug-likeness (QED) is 0.630. The Morgan fingerprint density at radius 2 is 1.79 bits per heavy atom. The van der Waals surface area contributed by atoms with Crippen molar-refractivity contribution in [2.45, 2.75) is 26.2 Å². The first-order valence-electron chi connectivity index (χ1n) is 4.93. The minimum absolute atomic E-state index is 0.156. The van der Waals surface area contributed by atoms with E-state index < -0.39 is 0 Å². The summed E-state index contributed by atoms with van der Waals surface area (Å²) in [5.74, 6) is 1.87. The van der Waals surface area contributed by atoms with Crippen molar-refractivity contribution < 1.29 is 9.47 Å². The van der Waals surface area contributed by atoms with Crippen LogP contribution in [0.25, 0.3) is 0 Å². The lowest BCUT2D eigenvalue weighted by atomic mass is 10.2. The van der Waals surface area contributed by atoms with E-state index in [0.29, 0.717) is 5.92 Å². The molecule has 0 bridgehead atoms. The first-order chi connectivity index (χ1) is 6.65. The molecule has 86 valence electrons. The molecule has 0 aromatic heterocycles. The molecule has 0 aliphatic carbocycles. The molecule has 0 aliphatic heterocycles. The SMILES string of the molecule is COC(OC)C(C)NCC(C)CSC. The van der Waals surface area contributed by atoms with Crippen molar-refractivity contribution in [1.29, 1.82) is 0 Å². The van der Waals surface area contributed by atoms with Crippen LogP contribution in [0.4, 0.5) is 0 Å². The van der Waals surface area contributed by atoms with Gasteiger partial charge in [0.2, 0.25) is 0 Å². The average molecular weight is 221 g/mol. The minimum Gasteiger partial charge on any atom is -0.354 e. The molecular formula is C10H23NO2S. The zero-order valence-corrected chi connectivity index (χ0v) is 10.7. The van der Waals surface area contributed by atoms with Crippen molar-refractivity contribution in [2.75, 3.05) is 32.8 Å². The lowest BCUT2D eigenvalue weighted by Crippen LogP contribution is -2.41. The molecule has 3 nitrogen and oxygen atoms in total. The van der Waals surface area contributed by atoms with E-state index in [1.807, 2.05) is 11.8 Å². The number of rotatable bonds is 8. The van der Waals surface area contributed by atoms with E-state index in [4.69, 9.17) is 9.47 Å². The third-order valence-corrected chi connectivity index (χ3v) is 3.01. The van der Waals surface area contributed by atoms with Crippen molar-refractivity contribution in [3.05, 3.63) is 0 Å². The van der Waals surface area contributed by atoms with Crippen LogP contribution >= 0.6 is 11.8 Å². The van der Waals surface area contributed by atoms with E-state index in [-0.39, 0.29) is 12.3 Å². The van der Waals surface area contributed by atoms with Gasteiger partial charge < -0.3 is 14.8 Å². The van der Waals surface area contributed by atoms with E-state index in [1.54, 1.807) is 14.2 Å². The van der Waals surface area contributed by atoms with Gasteiger partial charge in [0, 0.05) is 14.2 Å². The first-order valence-corrected chi connectivity index (χ1v) is 6.33. The van der Waals surface area contributed by atoms with Crippen molar-refractivity contribution in [3.63, 3.8) is 0 Å². The molecule has 0 saturated heterocycles. The minimum atomic E-state index is -0.156. The number of ether oxygens (including phenoxy) is 2. The van der Waals surface area contributed by atoms with Crippen LogP contribution in [0.3, 0.4) is 0 Å². The van der Waals surface area contributed by atoms with Crippen LogP contribution in [0.2, 0.25) is 0 Å². The molecule has 2 unspecified atom stereocenters. The van der Waals surface area contributed by atoms with Gasteiger partial charge in [0.05, 0.1) is 6.04 Å². The summed E-state index contributed by atoms with van der Waals surface area (Å²) < 4.78 is 10.3. The summed E-state index contributed by atoms with van der Waals surface area (Å²) in [7, 11) is 3.33. The monoisotopic (exact) mass is 221 g/mol. The number of hydrogen-bond donors (Lipinski definition) is 1. The van der Waals surface area contributed by atoms with Crippen LogP contribution in [-0.2, 0) is 9.47 Å². The average Bonchev–Trinajstić information content (AvgIpc) is 2.17. The molecule has 0 aromatic carbocycles. The second-order valence-corrected chi connectivity index (χ2v) is 4.51. The normalized spacial score (nSPS) is 15.9. The van der Waals surface area contributed by atoms with Crippen molar-refractivity contribution in [3.8, 4) is 0 Å². The molecule has 0 aliphatic rings. The van der Waals surface area contributed by atoms with Gasteiger partial charge in [-0.2, -0.15) is 11.8 Å². The van der Waals surface area contributed by atoms with E-state index >= 15 is 0 Å². The highest BCUT2D eigenvalue weighted by molar-refractivity contribution is 7.98. The topological polar surface area (TPSA) is 30.5 Å². The van der Waals surface area contributed by atoms with Crippen LogP contribution in [0.15, 0.2) is 0 Å². The third-order valence-electron chi connectivity index (χ3n) is 2.11. The van der Waals surface area contributed by atoms with Crippen LogP contribution in [0.5, 0.6) is 0 Å². The zero-order valence-electron chi connectivity index (χ0n) is 9.87. The van der Waals surface area contributed by atoms with Gasteiger partial charge in [-0.3, -0.25) is 0 Å². The second kappa shape index (κ2) is 8.53. The molecular weight excluding hydrogens is 198 g/mol. The van der Waals surface area contributed by atoms with Crippen LogP contribution in [-0.4, -0.2) is 45.1 Å². The fourth-order valence-electron chi connectivity index (χ4n) is 1.33. The summed E-state index contributed by atoms with van der Waals surface area (Å²) in [6.45, 7) is 5.32. The predicted molar refractivity (Wildman–Crippen MR) is 62.8 cm³/mol. The Morgan fingerprint density at radius 1 is 1.21 bits per heavy atom. The number of hydrogen-bond acceptors (Lipinski definition) is 4. The van der Waals surface area contributed by atoms with Crippen LogP contribution < -0.4 is 5.32 Å². The largest absolute Gasteiger partial charge is 0.354 e. The lowest BCUT2D eigenvalue weighted by Gasteiger charge is -2.23. The molecule has 0 spiro atoms. The highest BCUT2D eigenvalue weighted by atomic mass is 32.2. The predicted octanol–water partition coefficient (Wildman–Crippen LogP) is 1.58. The third kappa shape index (κ3) is 5.86. The molecule has 0 aromatic rings. The van der Waals surface area contributed by atoms with Gasteiger partial charge >= 0.3 is 0 Å². The van der Waals surface area contributed by atoms with Gasteiger partial charge in [-0.05, 0) is 31.4 Å². The van der Waals surface area contributed by atoms with Gasteiger partial charge in [-0.1, -0.05) is 6.92 Å². The molecule has 1 N–H and O–H groups in total. The summed E-state index contributed by atoms with van der Waals surface area (Å²) in [5, 5.41) is 3.41. The molecule has 0 rings (SSSR count). The van der Waals surface area contributed by atoms with Gasteiger partial charge in [0.15, 0.2) is 6.29 Å². The highest BCUT2D eigenvalue weighted by Gasteiger charge is 2.15. The Bertz CT molecular complexity index is 131. The maximum atomic E-state index is 5.16. The summed E-state index contributed by atoms with van der Waals surface area (Å²) >= 11 is 1.88. The summed E-state index contributed by atoms with van der Waals surface area (Å²) in [4.78, 5) is 0. The lowest BCUT2D eigenvalue weighted by molar-refractivity contribution is -0.119. The molecule has 0 radical (unpaired) electrons. The fraction of sp³-hybridized carbons (Fsp3) is 1.00. The summed E-state index contributed by atoms with van der Waals surface area (Å²) in [6, 6.07) is 0.231. The maximum Gasteiger partial charge on any atom is 0.171 e. The van der Waals surface area contributed by atoms with Crippen molar-refractivity contribution in [2.24, 2.45) is 5.92 Å². The Labute approximate surface area is 91.9 Å². The Hall–Kier alpha value is 0.230. The molecule has 2 atom stereocenters. The molecule has 0 heterocycles. The van der Waals surface area contributed by atoms with E-state index in [9.17, 15) is 0 Å². The number of nitrogens with one attached hydrogen (secondary N) is 1. The zero-order chi connectivity index (χ0) is 11.0. The van der Waals surface area contributed by atoms with Crippen molar-refractivity contribution in [1.82, 2.24) is 5.32 Å². The maximum absolute atomic E-state index is 5.16. The van der Waals surface area contributed by atoms with Crippen LogP contribution in [0.1, 0.15) is 13.8 Å². The van der Waals surface area contributed by atoms with Gasteiger partial charge in [-0.15, -0.1) is 0 Å². The highest BCUT2D eigenvalue weighted by Crippen LogP contribution is 2.04. The second-order valence-electron chi connectivity index (χ2n) is 3.60. The Balaban J connectivity index is 3.65. The molecule has 0 saturated carbocycles. The smallest absolute Gasteiger partial charge is 0.171 e. The van der Waals surface area contributed by atoms with E-state index in [1.165, 1.54) is 5.75 Å². The van der Waals surface area contributed by atoms with Gasteiger partial charge in [-0.25, -0.2) is 0 Å². The fourth-order valence-corrected chi connectivity index (χ4v) is 2.02. The Morgan fingerprint density at radius 3 is 2.21 bits per heavy atom.